The molecule has 0 atom stereocenters. The van der Waals surface area contributed by atoms with Crippen LogP contribution in [-0.4, -0.2) is 24.1 Å². The van der Waals surface area contributed by atoms with E-state index in [2.05, 4.69) is 15.0 Å². The highest BCUT2D eigenvalue weighted by Gasteiger charge is 2.15. The molecule has 5 nitrogen and oxygen atoms in total. The van der Waals surface area contributed by atoms with Crippen molar-refractivity contribution in [1.82, 2.24) is 10.3 Å². The zero-order chi connectivity index (χ0) is 26.7. The maximum Gasteiger partial charge on any atom is 0.387 e. The summed E-state index contributed by atoms with van der Waals surface area (Å²) in [6.45, 7) is 0.877. The molecule has 2 aromatic rings. The van der Waals surface area contributed by atoms with Crippen molar-refractivity contribution in [3.8, 4) is 5.75 Å². The topological polar surface area (TPSA) is 60.5 Å². The fourth-order valence-corrected chi connectivity index (χ4v) is 3.19. The van der Waals surface area contributed by atoms with Gasteiger partial charge < -0.3 is 14.8 Å². The highest BCUT2D eigenvalue weighted by atomic mass is 19.3. The normalized spacial score (nSPS) is 12.8. The van der Waals surface area contributed by atoms with Gasteiger partial charge in [-0.3, -0.25) is 9.78 Å². The fraction of sp³-hybridized carbons (Fsp3) is 0.333. The quantitative estimate of drug-likeness (QED) is 0.196. The summed E-state index contributed by atoms with van der Waals surface area (Å²) in [5.74, 6) is -0.325. The monoisotopic (exact) mass is 506 g/mol. The molecule has 0 aliphatic carbocycles. The number of hydrogen-bond acceptors (Lipinski definition) is 4. The van der Waals surface area contributed by atoms with E-state index >= 15 is 0 Å². The Kier molecular flexibility index (Phi) is 11.2. The van der Waals surface area contributed by atoms with Gasteiger partial charge in [0.1, 0.15) is 11.5 Å². The van der Waals surface area contributed by atoms with Crippen LogP contribution in [0.5, 0.6) is 5.75 Å². The van der Waals surface area contributed by atoms with Crippen LogP contribution in [0.2, 0.25) is 0 Å². The molecule has 1 aromatic heterocycles. The van der Waals surface area contributed by atoms with Crippen LogP contribution in [0, 0.1) is 0 Å². The van der Waals surface area contributed by atoms with E-state index in [4.69, 9.17) is 4.74 Å². The lowest BCUT2D eigenvalue weighted by Gasteiger charge is -2.15. The number of pyridine rings is 1. The summed E-state index contributed by atoms with van der Waals surface area (Å²) >= 11 is 0. The molecule has 0 bridgehead atoms. The van der Waals surface area contributed by atoms with Crippen molar-refractivity contribution in [1.29, 1.82) is 0 Å². The van der Waals surface area contributed by atoms with Gasteiger partial charge >= 0.3 is 13.2 Å². The number of rotatable bonds is 12. The van der Waals surface area contributed by atoms with Gasteiger partial charge in [0, 0.05) is 18.7 Å². The van der Waals surface area contributed by atoms with Crippen LogP contribution in [-0.2, 0) is 22.5 Å². The number of amides is 1. The molecular weight excluding hydrogens is 476 g/mol. The van der Waals surface area contributed by atoms with Gasteiger partial charge in [0.15, 0.2) is 0 Å². The van der Waals surface area contributed by atoms with Crippen molar-refractivity contribution in [2.45, 2.75) is 60.3 Å². The Morgan fingerprint density at radius 1 is 1.03 bits per heavy atom. The Labute approximate surface area is 208 Å². The summed E-state index contributed by atoms with van der Waals surface area (Å²) in [7, 11) is 0. The molecule has 0 fully saturated rings. The summed E-state index contributed by atoms with van der Waals surface area (Å²) in [5, 5.41) is 2.67. The van der Waals surface area contributed by atoms with Crippen LogP contribution in [0.15, 0.2) is 66.1 Å². The van der Waals surface area contributed by atoms with Gasteiger partial charge in [-0.15, -0.1) is 0 Å². The van der Waals surface area contributed by atoms with Crippen molar-refractivity contribution in [2.75, 3.05) is 0 Å². The zero-order valence-electron chi connectivity index (χ0n) is 20.7. The van der Waals surface area contributed by atoms with E-state index in [1.54, 1.807) is 36.5 Å². The molecule has 194 valence electrons. The van der Waals surface area contributed by atoms with Crippen LogP contribution < -0.4 is 10.1 Å². The third kappa shape index (κ3) is 9.93. The number of carbonyl (C=O) groups is 1. The number of nitrogens with one attached hydrogen (secondary N) is 1. The summed E-state index contributed by atoms with van der Waals surface area (Å²) in [6.07, 6.45) is 7.67. The summed E-state index contributed by atoms with van der Waals surface area (Å²) in [5.41, 5.74) is 4.01. The molecule has 1 aromatic carbocycles. The number of alkyl halides is 4. The molecule has 0 unspecified atom stereocenters. The molecule has 0 saturated carbocycles. The van der Waals surface area contributed by atoms with E-state index < -0.39 is 13.2 Å². The van der Waals surface area contributed by atoms with E-state index in [1.165, 1.54) is 26.0 Å². The second-order valence-corrected chi connectivity index (χ2v) is 8.08. The Morgan fingerprint density at radius 3 is 2.33 bits per heavy atom. The first-order valence-corrected chi connectivity index (χ1v) is 11.3. The molecule has 1 amide bonds. The van der Waals surface area contributed by atoms with E-state index in [9.17, 15) is 22.4 Å². The van der Waals surface area contributed by atoms with Crippen LogP contribution >= 0.6 is 0 Å². The lowest BCUT2D eigenvalue weighted by atomic mass is 9.97. The van der Waals surface area contributed by atoms with Crippen LogP contribution in [0.25, 0.3) is 5.57 Å². The van der Waals surface area contributed by atoms with Crippen molar-refractivity contribution in [2.24, 2.45) is 0 Å². The first-order valence-electron chi connectivity index (χ1n) is 11.3. The average molecular weight is 507 g/mol. The van der Waals surface area contributed by atoms with Crippen LogP contribution in [0.3, 0.4) is 0 Å². The number of nitrogens with zero attached hydrogens (tertiary/aromatic N) is 1. The van der Waals surface area contributed by atoms with Crippen LogP contribution in [0.4, 0.5) is 17.6 Å². The van der Waals surface area contributed by atoms with E-state index in [-0.39, 0.29) is 17.4 Å². The van der Waals surface area contributed by atoms with Crippen molar-refractivity contribution < 1.29 is 31.8 Å². The molecule has 0 saturated heterocycles. The SMILES string of the molecule is CCC(C)=C/C=C(\C=C(/C)OC(F)F)c1cc(Cc2ccc(CNC(C)=O)nc2)ccc1OC(F)F. The zero-order valence-corrected chi connectivity index (χ0v) is 20.7. The third-order valence-corrected chi connectivity index (χ3v) is 5.12. The van der Waals surface area contributed by atoms with Crippen molar-refractivity contribution in [3.05, 3.63) is 88.5 Å². The minimum absolute atomic E-state index is 0.0776. The van der Waals surface area contributed by atoms with Gasteiger partial charge in [0.25, 0.3) is 0 Å². The minimum Gasteiger partial charge on any atom is -0.440 e. The maximum absolute atomic E-state index is 13.1. The molecule has 1 N–H and O–H groups in total. The number of benzene rings is 1. The Bertz CT molecular complexity index is 1110. The predicted octanol–water partition coefficient (Wildman–Crippen LogP) is 6.79. The summed E-state index contributed by atoms with van der Waals surface area (Å²) in [6, 6.07) is 8.41. The van der Waals surface area contributed by atoms with Crippen LogP contribution in [0.1, 0.15) is 56.5 Å². The minimum atomic E-state index is -3.06. The smallest absolute Gasteiger partial charge is 0.387 e. The largest absolute Gasteiger partial charge is 0.440 e. The molecule has 2 rings (SSSR count). The molecule has 0 radical (unpaired) electrons. The summed E-state index contributed by atoms with van der Waals surface area (Å²) < 4.78 is 60.9. The third-order valence-electron chi connectivity index (χ3n) is 5.12. The average Bonchev–Trinajstić information content (AvgIpc) is 2.81. The maximum atomic E-state index is 13.1. The van der Waals surface area contributed by atoms with E-state index in [0.29, 0.717) is 29.8 Å². The van der Waals surface area contributed by atoms with Gasteiger partial charge in [-0.2, -0.15) is 17.6 Å². The number of hydrogen-bond donors (Lipinski definition) is 1. The second kappa shape index (κ2) is 14.1. The number of carbonyl (C=O) groups excluding carboxylic acids is 1. The number of ether oxygens (including phenoxy) is 2. The predicted molar refractivity (Wildman–Crippen MR) is 131 cm³/mol. The first-order chi connectivity index (χ1) is 17.1. The van der Waals surface area contributed by atoms with Crippen molar-refractivity contribution in [3.63, 3.8) is 0 Å². The molecule has 0 spiro atoms. The second-order valence-electron chi connectivity index (χ2n) is 8.08. The van der Waals surface area contributed by atoms with Gasteiger partial charge in [0.05, 0.1) is 12.2 Å². The number of aromatic nitrogens is 1. The molecule has 0 aliphatic rings. The van der Waals surface area contributed by atoms with Gasteiger partial charge in [0.2, 0.25) is 5.91 Å². The van der Waals surface area contributed by atoms with E-state index in [0.717, 1.165) is 23.1 Å². The summed E-state index contributed by atoms with van der Waals surface area (Å²) in [4.78, 5) is 15.4. The lowest BCUT2D eigenvalue weighted by Crippen LogP contribution is -2.19. The molecule has 36 heavy (non-hydrogen) atoms. The van der Waals surface area contributed by atoms with Gasteiger partial charge in [-0.05, 0) is 67.7 Å². The molecule has 9 heteroatoms. The highest BCUT2D eigenvalue weighted by Crippen LogP contribution is 2.32. The standard InChI is InChI=1S/C27H30F4N2O3/c1-5-17(2)6-9-22(12-18(3)35-26(28)29)24-14-20(8-11-25(24)36-27(30)31)13-21-7-10-23(33-15-21)16-32-19(4)34/h6-12,14-15,26-27H,5,13,16H2,1-4H3,(H,32,34)/b17-6?,18-12+,22-9+. The first kappa shape index (κ1) is 28.6. The highest BCUT2D eigenvalue weighted by molar-refractivity contribution is 5.79. The fourth-order valence-electron chi connectivity index (χ4n) is 3.19. The Morgan fingerprint density at radius 2 is 1.75 bits per heavy atom. The van der Waals surface area contributed by atoms with Gasteiger partial charge in [-0.1, -0.05) is 36.8 Å². The Hall–Kier alpha value is -3.62. The number of halogens is 4. The Balaban J connectivity index is 2.46. The van der Waals surface area contributed by atoms with E-state index in [1.807, 2.05) is 19.9 Å². The molecular formula is C27H30F4N2O3. The molecule has 0 aliphatic heterocycles. The van der Waals surface area contributed by atoms with Gasteiger partial charge in [-0.25, -0.2) is 0 Å². The van der Waals surface area contributed by atoms with Crippen molar-refractivity contribution >= 4 is 11.5 Å². The molecule has 1 heterocycles. The number of allylic oxidation sites excluding steroid dienone is 6. The lowest BCUT2D eigenvalue weighted by molar-refractivity contribution is -0.119.